The highest BCUT2D eigenvalue weighted by Gasteiger charge is 2.44. The molecule has 0 spiro atoms. The van der Waals surface area contributed by atoms with Crippen molar-refractivity contribution in [2.75, 3.05) is 14.2 Å². The zero-order valence-electron chi connectivity index (χ0n) is 12.1. The van der Waals surface area contributed by atoms with E-state index in [2.05, 4.69) is 6.92 Å². The lowest BCUT2D eigenvalue weighted by Gasteiger charge is -2.30. The molecule has 2 atom stereocenters. The molecule has 0 aromatic rings. The molecule has 0 N–H and O–H groups in total. The minimum atomic E-state index is -3.35. The maximum atomic E-state index is 12.2. The van der Waals surface area contributed by atoms with Crippen LogP contribution in [0.3, 0.4) is 0 Å². The number of hydrogen-bond donors (Lipinski definition) is 0. The van der Waals surface area contributed by atoms with Gasteiger partial charge in [0.2, 0.25) is 0 Å². The maximum absolute atomic E-state index is 12.2. The lowest BCUT2D eigenvalue weighted by molar-refractivity contribution is -0.154. The summed E-state index contributed by atoms with van der Waals surface area (Å²) in [6.07, 6.45) is 6.75. The predicted octanol–water partition coefficient (Wildman–Crippen LogP) is 3.52. The number of carbonyl (C=O) groups excluding carboxylic acids is 1. The molecule has 1 heterocycles. The van der Waals surface area contributed by atoms with Gasteiger partial charge in [-0.25, -0.2) is 0 Å². The zero-order valence-corrected chi connectivity index (χ0v) is 13.0. The topological polar surface area (TPSA) is 61.8 Å². The lowest BCUT2D eigenvalue weighted by Crippen LogP contribution is -2.35. The van der Waals surface area contributed by atoms with Gasteiger partial charge in [0.15, 0.2) is 5.66 Å². The lowest BCUT2D eigenvalue weighted by atomic mass is 10.0. The quantitative estimate of drug-likeness (QED) is 0.389. The Morgan fingerprint density at radius 3 is 2.42 bits per heavy atom. The van der Waals surface area contributed by atoms with Crippen molar-refractivity contribution in [2.45, 2.75) is 63.6 Å². The first-order valence-electron chi connectivity index (χ1n) is 6.99. The van der Waals surface area contributed by atoms with Gasteiger partial charge in [-0.05, 0) is 25.7 Å². The molecular weight excluding hydrogens is 267 g/mol. The molecule has 0 aromatic heterocycles. The fraction of sp³-hybridized carbons (Fsp3) is 0.923. The SMILES string of the molecule is CCCCCCC1CCC(P(=O)(OC)OC)C(=O)O1. The van der Waals surface area contributed by atoms with Crippen LogP contribution in [0.4, 0.5) is 0 Å². The summed E-state index contributed by atoms with van der Waals surface area (Å²) in [6.45, 7) is 2.16. The van der Waals surface area contributed by atoms with E-state index >= 15 is 0 Å². The van der Waals surface area contributed by atoms with Gasteiger partial charge in [0.25, 0.3) is 0 Å². The van der Waals surface area contributed by atoms with E-state index < -0.39 is 19.2 Å². The van der Waals surface area contributed by atoms with Crippen LogP contribution in [0.15, 0.2) is 0 Å². The molecule has 0 aliphatic carbocycles. The van der Waals surface area contributed by atoms with E-state index in [0.717, 1.165) is 19.3 Å². The first-order chi connectivity index (χ1) is 9.07. The molecule has 1 aliphatic heterocycles. The summed E-state index contributed by atoms with van der Waals surface area (Å²) in [5.74, 6) is -0.446. The van der Waals surface area contributed by atoms with E-state index in [-0.39, 0.29) is 6.10 Å². The van der Waals surface area contributed by atoms with Crippen LogP contribution in [0.25, 0.3) is 0 Å². The van der Waals surface area contributed by atoms with Crippen molar-refractivity contribution in [3.05, 3.63) is 0 Å². The Morgan fingerprint density at radius 1 is 1.21 bits per heavy atom. The van der Waals surface area contributed by atoms with Gasteiger partial charge >= 0.3 is 13.6 Å². The minimum Gasteiger partial charge on any atom is -0.462 e. The van der Waals surface area contributed by atoms with Crippen LogP contribution in [0.5, 0.6) is 0 Å². The fourth-order valence-electron chi connectivity index (χ4n) is 2.38. The van der Waals surface area contributed by atoms with Crippen LogP contribution in [-0.2, 0) is 23.1 Å². The third-order valence-corrected chi connectivity index (χ3v) is 5.84. The van der Waals surface area contributed by atoms with Crippen LogP contribution in [0.2, 0.25) is 0 Å². The maximum Gasteiger partial charge on any atom is 0.344 e. The second-order valence-corrected chi connectivity index (χ2v) is 7.34. The number of rotatable bonds is 8. The highest BCUT2D eigenvalue weighted by molar-refractivity contribution is 7.55. The van der Waals surface area contributed by atoms with Crippen LogP contribution < -0.4 is 0 Å². The minimum absolute atomic E-state index is 0.0391. The standard InChI is InChI=1S/C13H25O5P/c1-4-5-6-7-8-11-9-10-12(13(14)18-11)19(15,16-2)17-3/h11-12H,4-10H2,1-3H3. The van der Waals surface area contributed by atoms with Crippen LogP contribution in [0.1, 0.15) is 51.9 Å². The fourth-order valence-corrected chi connectivity index (χ4v) is 3.82. The highest BCUT2D eigenvalue weighted by Crippen LogP contribution is 2.54. The summed E-state index contributed by atoms with van der Waals surface area (Å²) in [5.41, 5.74) is -0.769. The van der Waals surface area contributed by atoms with Gasteiger partial charge in [-0.15, -0.1) is 0 Å². The van der Waals surface area contributed by atoms with Crippen molar-refractivity contribution in [3.8, 4) is 0 Å². The molecule has 0 amide bonds. The Morgan fingerprint density at radius 2 is 1.89 bits per heavy atom. The monoisotopic (exact) mass is 292 g/mol. The van der Waals surface area contributed by atoms with Gasteiger partial charge in [0.05, 0.1) is 0 Å². The molecule has 1 aliphatic rings. The molecule has 1 rings (SSSR count). The first kappa shape index (κ1) is 16.7. The van der Waals surface area contributed by atoms with Crippen molar-refractivity contribution in [3.63, 3.8) is 0 Å². The van der Waals surface area contributed by atoms with Gasteiger partial charge < -0.3 is 13.8 Å². The Bertz CT molecular complexity index is 323. The predicted molar refractivity (Wildman–Crippen MR) is 73.3 cm³/mol. The number of unbranched alkanes of at least 4 members (excludes halogenated alkanes) is 3. The van der Waals surface area contributed by atoms with Crippen molar-refractivity contribution < 1.29 is 23.1 Å². The van der Waals surface area contributed by atoms with Crippen molar-refractivity contribution >= 4 is 13.6 Å². The Kier molecular flexibility index (Phi) is 7.05. The van der Waals surface area contributed by atoms with Crippen LogP contribution >= 0.6 is 7.60 Å². The molecule has 0 saturated carbocycles. The van der Waals surface area contributed by atoms with E-state index in [1.54, 1.807) is 0 Å². The van der Waals surface area contributed by atoms with Crippen molar-refractivity contribution in [1.29, 1.82) is 0 Å². The van der Waals surface area contributed by atoms with Gasteiger partial charge in [0, 0.05) is 14.2 Å². The van der Waals surface area contributed by atoms with Gasteiger partial charge in [-0.1, -0.05) is 26.2 Å². The smallest absolute Gasteiger partial charge is 0.344 e. The van der Waals surface area contributed by atoms with E-state index in [4.69, 9.17) is 13.8 Å². The molecule has 0 bridgehead atoms. The third-order valence-electron chi connectivity index (χ3n) is 3.59. The summed E-state index contributed by atoms with van der Waals surface area (Å²) in [5, 5.41) is 0. The molecule has 19 heavy (non-hydrogen) atoms. The summed E-state index contributed by atoms with van der Waals surface area (Å²) in [6, 6.07) is 0. The number of carbonyl (C=O) groups is 1. The van der Waals surface area contributed by atoms with Crippen LogP contribution in [-0.4, -0.2) is 32.0 Å². The molecule has 6 heteroatoms. The second-order valence-electron chi connectivity index (χ2n) is 4.91. The number of cyclic esters (lactones) is 1. The van der Waals surface area contributed by atoms with Gasteiger partial charge in [0.1, 0.15) is 6.10 Å². The van der Waals surface area contributed by atoms with E-state index in [0.29, 0.717) is 6.42 Å². The summed E-state index contributed by atoms with van der Waals surface area (Å²) >= 11 is 0. The molecular formula is C13H25O5P. The molecule has 1 fully saturated rings. The first-order valence-corrected chi connectivity index (χ1v) is 8.60. The summed E-state index contributed by atoms with van der Waals surface area (Å²) in [7, 11) is -0.750. The van der Waals surface area contributed by atoms with Gasteiger partial charge in [-0.2, -0.15) is 0 Å². The molecule has 5 nitrogen and oxygen atoms in total. The van der Waals surface area contributed by atoms with Gasteiger partial charge in [-0.3, -0.25) is 9.36 Å². The molecule has 112 valence electrons. The number of hydrogen-bond acceptors (Lipinski definition) is 5. The molecule has 0 aromatic carbocycles. The third kappa shape index (κ3) is 4.59. The molecule has 2 unspecified atom stereocenters. The Labute approximate surface area is 115 Å². The van der Waals surface area contributed by atoms with Crippen molar-refractivity contribution in [1.82, 2.24) is 0 Å². The summed E-state index contributed by atoms with van der Waals surface area (Å²) < 4.78 is 27.3. The Balaban J connectivity index is 2.43. The number of ether oxygens (including phenoxy) is 1. The molecule has 1 saturated heterocycles. The average Bonchev–Trinajstić information content (AvgIpc) is 2.43. The normalized spacial score (nSPS) is 24.3. The van der Waals surface area contributed by atoms with Crippen molar-refractivity contribution in [2.24, 2.45) is 0 Å². The second kappa shape index (κ2) is 8.03. The van der Waals surface area contributed by atoms with E-state index in [9.17, 15) is 9.36 Å². The largest absolute Gasteiger partial charge is 0.462 e. The average molecular weight is 292 g/mol. The highest BCUT2D eigenvalue weighted by atomic mass is 31.2. The zero-order chi connectivity index (χ0) is 14.3. The van der Waals surface area contributed by atoms with Crippen LogP contribution in [0, 0.1) is 0 Å². The summed E-state index contributed by atoms with van der Waals surface area (Å²) in [4.78, 5) is 11.9. The van der Waals surface area contributed by atoms with E-state index in [1.807, 2.05) is 0 Å². The molecule has 0 radical (unpaired) electrons. The van der Waals surface area contributed by atoms with E-state index in [1.165, 1.54) is 33.5 Å². The Hall–Kier alpha value is -0.380. The number of esters is 1.